The fourth-order valence-corrected chi connectivity index (χ4v) is 5.99. The Kier molecular flexibility index (Phi) is 10.9. The van der Waals surface area contributed by atoms with E-state index in [9.17, 15) is 31.2 Å². The fourth-order valence-electron chi connectivity index (χ4n) is 4.87. The first-order valence-corrected chi connectivity index (χ1v) is 15.5. The summed E-state index contributed by atoms with van der Waals surface area (Å²) >= 11 is 6.14. The highest BCUT2D eigenvalue weighted by molar-refractivity contribution is 7.92. The van der Waals surface area contributed by atoms with Crippen molar-refractivity contribution < 1.29 is 35.9 Å². The van der Waals surface area contributed by atoms with Crippen LogP contribution in [0.3, 0.4) is 0 Å². The summed E-state index contributed by atoms with van der Waals surface area (Å²) in [5.74, 6) is -0.564. The minimum atomic E-state index is -4.77. The van der Waals surface area contributed by atoms with Crippen LogP contribution < -0.4 is 14.4 Å². The summed E-state index contributed by atoms with van der Waals surface area (Å²) < 4.78 is 71.6. The number of carbonyl (C=O) groups is 2. The molecule has 0 aromatic heterocycles. The van der Waals surface area contributed by atoms with Gasteiger partial charge in [-0.1, -0.05) is 49.9 Å². The van der Waals surface area contributed by atoms with Crippen molar-refractivity contribution in [1.82, 2.24) is 10.2 Å². The lowest BCUT2D eigenvalue weighted by molar-refractivity contribution is -0.140. The Labute approximate surface area is 243 Å². The Hall–Kier alpha value is -2.99. The number of carbonyl (C=O) groups excluding carboxylic acids is 2. The Morgan fingerprint density at radius 1 is 1.10 bits per heavy atom. The van der Waals surface area contributed by atoms with Crippen LogP contribution >= 0.6 is 11.6 Å². The molecule has 1 saturated carbocycles. The van der Waals surface area contributed by atoms with Gasteiger partial charge in [0.25, 0.3) is 0 Å². The lowest BCUT2D eigenvalue weighted by atomic mass is 9.95. The highest BCUT2D eigenvalue weighted by atomic mass is 35.5. The second-order valence-electron chi connectivity index (χ2n) is 10.1. The maximum absolute atomic E-state index is 13.8. The zero-order valence-corrected chi connectivity index (χ0v) is 24.8. The molecule has 1 fully saturated rings. The summed E-state index contributed by atoms with van der Waals surface area (Å²) in [5, 5.41) is 2.75. The number of rotatable bonds is 11. The van der Waals surface area contributed by atoms with Gasteiger partial charge >= 0.3 is 6.18 Å². The van der Waals surface area contributed by atoms with E-state index in [0.29, 0.717) is 21.7 Å². The molecule has 226 valence electrons. The summed E-state index contributed by atoms with van der Waals surface area (Å²) in [4.78, 5) is 28.5. The molecule has 1 N–H and O–H groups in total. The predicted molar refractivity (Wildman–Crippen MR) is 151 cm³/mol. The molecule has 2 aromatic rings. The van der Waals surface area contributed by atoms with E-state index in [1.165, 1.54) is 12.0 Å². The largest absolute Gasteiger partial charge is 0.497 e. The van der Waals surface area contributed by atoms with Gasteiger partial charge < -0.3 is 15.0 Å². The van der Waals surface area contributed by atoms with E-state index in [0.717, 1.165) is 50.5 Å². The quantitative estimate of drug-likeness (QED) is 0.365. The van der Waals surface area contributed by atoms with E-state index in [4.69, 9.17) is 16.3 Å². The molecule has 3 rings (SSSR count). The third kappa shape index (κ3) is 8.75. The number of nitrogens with zero attached hydrogens (tertiary/aromatic N) is 2. The number of anilines is 1. The average Bonchev–Trinajstić information content (AvgIpc) is 2.91. The van der Waals surface area contributed by atoms with Gasteiger partial charge in [-0.25, -0.2) is 8.42 Å². The van der Waals surface area contributed by atoms with Gasteiger partial charge in [-0.2, -0.15) is 13.2 Å². The summed E-state index contributed by atoms with van der Waals surface area (Å²) in [7, 11) is -2.77. The van der Waals surface area contributed by atoms with Crippen molar-refractivity contribution in [2.45, 2.75) is 70.3 Å². The van der Waals surface area contributed by atoms with Crippen LogP contribution in [0.25, 0.3) is 0 Å². The first kappa shape index (κ1) is 32.5. The highest BCUT2D eigenvalue weighted by Gasteiger charge is 2.35. The van der Waals surface area contributed by atoms with E-state index >= 15 is 0 Å². The molecule has 2 amide bonds. The number of alkyl halides is 3. The minimum absolute atomic E-state index is 0.0281. The SMILES string of the molecule is CC[C@@H](C(=O)NC1CCCCC1)N(Cc1ccc(OC)cc1)C(=O)CN(c1cc(C(F)(F)F)ccc1Cl)S(C)(=O)=O. The van der Waals surface area contributed by atoms with Gasteiger partial charge in [0.2, 0.25) is 21.8 Å². The molecular weight excluding hydrogens is 583 g/mol. The average molecular weight is 618 g/mol. The van der Waals surface area contributed by atoms with Crippen LogP contribution in [0, 0.1) is 0 Å². The Morgan fingerprint density at radius 2 is 1.73 bits per heavy atom. The highest BCUT2D eigenvalue weighted by Crippen LogP contribution is 2.36. The summed E-state index contributed by atoms with van der Waals surface area (Å²) in [6.07, 6.45) is 0.938. The van der Waals surface area contributed by atoms with Gasteiger partial charge in [0.1, 0.15) is 18.3 Å². The monoisotopic (exact) mass is 617 g/mol. The van der Waals surface area contributed by atoms with Gasteiger partial charge in [0.15, 0.2) is 0 Å². The molecule has 0 heterocycles. The standard InChI is InChI=1S/C28H35ClF3N3O5S/c1-4-24(27(37)33-21-8-6-5-7-9-21)34(17-19-10-13-22(40-2)14-11-19)26(36)18-35(41(3,38)39)25-16-20(28(30,31)32)12-15-23(25)29/h10-16,21,24H,4-9,17-18H2,1-3H3,(H,33,37)/t24-/m0/s1. The molecule has 1 atom stereocenters. The number of hydrogen-bond acceptors (Lipinski definition) is 5. The van der Waals surface area contributed by atoms with Crippen molar-refractivity contribution in [3.05, 3.63) is 58.6 Å². The van der Waals surface area contributed by atoms with Crippen molar-refractivity contribution in [2.75, 3.05) is 24.2 Å². The van der Waals surface area contributed by atoms with E-state index < -0.39 is 45.9 Å². The lowest BCUT2D eigenvalue weighted by Crippen LogP contribution is -2.54. The van der Waals surface area contributed by atoms with Crippen LogP contribution in [-0.2, 0) is 32.3 Å². The maximum Gasteiger partial charge on any atom is 0.416 e. The van der Waals surface area contributed by atoms with Crippen LogP contribution in [0.2, 0.25) is 5.02 Å². The minimum Gasteiger partial charge on any atom is -0.497 e. The topological polar surface area (TPSA) is 96.0 Å². The van der Waals surface area contributed by atoms with Crippen molar-refractivity contribution >= 4 is 39.1 Å². The third-order valence-electron chi connectivity index (χ3n) is 7.07. The van der Waals surface area contributed by atoms with Crippen LogP contribution in [-0.4, -0.2) is 57.1 Å². The molecule has 0 unspecified atom stereocenters. The molecule has 0 saturated heterocycles. The number of halogens is 4. The number of methoxy groups -OCH3 is 1. The van der Waals surface area contributed by atoms with Crippen LogP contribution in [0.15, 0.2) is 42.5 Å². The molecule has 1 aliphatic carbocycles. The zero-order valence-electron chi connectivity index (χ0n) is 23.2. The molecule has 1 aliphatic rings. The molecule has 41 heavy (non-hydrogen) atoms. The molecule has 13 heteroatoms. The Balaban J connectivity index is 1.98. The summed E-state index contributed by atoms with van der Waals surface area (Å²) in [6, 6.07) is 8.07. The number of hydrogen-bond donors (Lipinski definition) is 1. The van der Waals surface area contributed by atoms with Crippen LogP contribution in [0.1, 0.15) is 56.6 Å². The number of nitrogens with one attached hydrogen (secondary N) is 1. The van der Waals surface area contributed by atoms with Gasteiger partial charge in [-0.05, 0) is 55.2 Å². The lowest BCUT2D eigenvalue weighted by Gasteiger charge is -2.34. The van der Waals surface area contributed by atoms with Crippen molar-refractivity contribution in [1.29, 1.82) is 0 Å². The zero-order chi connectivity index (χ0) is 30.4. The van der Waals surface area contributed by atoms with Crippen molar-refractivity contribution in [3.8, 4) is 5.75 Å². The Bertz CT molecular complexity index is 1320. The number of sulfonamides is 1. The third-order valence-corrected chi connectivity index (χ3v) is 8.52. The van der Waals surface area contributed by atoms with Crippen molar-refractivity contribution in [3.63, 3.8) is 0 Å². The summed E-state index contributed by atoms with van der Waals surface area (Å²) in [5.41, 5.74) is -0.959. The second-order valence-corrected chi connectivity index (χ2v) is 12.4. The number of benzene rings is 2. The predicted octanol–water partition coefficient (Wildman–Crippen LogP) is 5.39. The second kappa shape index (κ2) is 13.8. The van der Waals surface area contributed by atoms with Gasteiger partial charge in [0.05, 0.1) is 29.6 Å². The molecule has 0 aliphatic heterocycles. The fraction of sp³-hybridized carbons (Fsp3) is 0.500. The Morgan fingerprint density at radius 3 is 2.27 bits per heavy atom. The smallest absolute Gasteiger partial charge is 0.416 e. The molecule has 0 spiro atoms. The van der Waals surface area contributed by atoms with E-state index in [2.05, 4.69) is 5.32 Å². The summed E-state index contributed by atoms with van der Waals surface area (Å²) in [6.45, 7) is 0.827. The van der Waals surface area contributed by atoms with Gasteiger partial charge in [-0.15, -0.1) is 0 Å². The number of ether oxygens (including phenoxy) is 1. The molecule has 0 bridgehead atoms. The van der Waals surface area contributed by atoms with Crippen LogP contribution in [0.4, 0.5) is 18.9 Å². The number of amides is 2. The van der Waals surface area contributed by atoms with E-state index in [-0.39, 0.29) is 29.9 Å². The molecule has 2 aromatic carbocycles. The molecule has 8 nitrogen and oxygen atoms in total. The van der Waals surface area contributed by atoms with Crippen LogP contribution in [0.5, 0.6) is 5.75 Å². The molecular formula is C28H35ClF3N3O5S. The van der Waals surface area contributed by atoms with E-state index in [1.54, 1.807) is 31.2 Å². The molecule has 0 radical (unpaired) electrons. The normalized spacial score (nSPS) is 15.2. The first-order valence-electron chi connectivity index (χ1n) is 13.3. The first-order chi connectivity index (χ1) is 19.2. The van der Waals surface area contributed by atoms with Gasteiger partial charge in [0, 0.05) is 12.6 Å². The van der Waals surface area contributed by atoms with Crippen molar-refractivity contribution in [2.24, 2.45) is 0 Å². The van der Waals surface area contributed by atoms with E-state index in [1.807, 2.05) is 0 Å². The maximum atomic E-state index is 13.8. The van der Waals surface area contributed by atoms with Gasteiger partial charge in [-0.3, -0.25) is 13.9 Å².